The summed E-state index contributed by atoms with van der Waals surface area (Å²) in [4.78, 5) is 15.3. The van der Waals surface area contributed by atoms with Crippen LogP contribution in [0.5, 0.6) is 0 Å². The molecule has 0 N–H and O–H groups in total. The smallest absolute Gasteiger partial charge is 0.165 e. The molecule has 0 amide bonds. The van der Waals surface area contributed by atoms with Crippen molar-refractivity contribution in [3.63, 3.8) is 0 Å². The van der Waals surface area contributed by atoms with Crippen LogP contribution < -0.4 is 0 Å². The van der Waals surface area contributed by atoms with E-state index in [0.717, 1.165) is 48.0 Å². The maximum atomic E-state index is 9.63. The second-order valence-corrected chi connectivity index (χ2v) is 17.6. The number of hydrogen-bond donors (Lipinski definition) is 0. The lowest BCUT2D eigenvalue weighted by molar-refractivity contribution is 0.794. The summed E-state index contributed by atoms with van der Waals surface area (Å²) in [6, 6.07) is 75.9. The highest BCUT2D eigenvalue weighted by Crippen LogP contribution is 2.63. The Labute approximate surface area is 374 Å². The first-order valence-corrected chi connectivity index (χ1v) is 22.3. The minimum Gasteiger partial charge on any atom is -0.208 e. The number of nitrogens with zero attached hydrogens (tertiary/aromatic N) is 4. The summed E-state index contributed by atoms with van der Waals surface area (Å²) in [5.41, 5.74) is 18.2. The van der Waals surface area contributed by atoms with Crippen molar-refractivity contribution >= 4 is 31.5 Å². The summed E-state index contributed by atoms with van der Waals surface area (Å²) in [6.07, 6.45) is 0. The maximum absolute atomic E-state index is 9.63. The summed E-state index contributed by atoms with van der Waals surface area (Å²) < 4.78 is 2.20. The van der Waals surface area contributed by atoms with Crippen LogP contribution in [0.3, 0.4) is 0 Å². The molecule has 11 aromatic rings. The van der Waals surface area contributed by atoms with Crippen molar-refractivity contribution in [2.24, 2.45) is 0 Å². The molecule has 64 heavy (non-hydrogen) atoms. The van der Waals surface area contributed by atoms with E-state index in [1.165, 1.54) is 55.6 Å². The van der Waals surface area contributed by atoms with Gasteiger partial charge in [0.1, 0.15) is 0 Å². The van der Waals surface area contributed by atoms with Crippen LogP contribution in [0.2, 0.25) is 0 Å². The molecule has 0 bridgehead atoms. The average molecular weight is 831 g/mol. The van der Waals surface area contributed by atoms with E-state index >= 15 is 0 Å². The summed E-state index contributed by atoms with van der Waals surface area (Å²) in [5.74, 6) is 1.83. The minimum atomic E-state index is -0.378. The van der Waals surface area contributed by atoms with E-state index in [2.05, 4.69) is 158 Å². The fraction of sp³-hybridized carbons (Fsp3) is 0.0169. The number of nitriles is 1. The third kappa shape index (κ3) is 5.37. The zero-order valence-electron chi connectivity index (χ0n) is 34.3. The molecule has 296 valence electrons. The maximum Gasteiger partial charge on any atom is 0.165 e. The monoisotopic (exact) mass is 830 g/mol. The Bertz CT molecular complexity index is 3680. The van der Waals surface area contributed by atoms with Crippen LogP contribution in [0.4, 0.5) is 0 Å². The third-order valence-corrected chi connectivity index (χ3v) is 14.4. The quantitative estimate of drug-likeness (QED) is 0.173. The van der Waals surface area contributed by atoms with Gasteiger partial charge in [-0.3, -0.25) is 0 Å². The molecule has 0 fully saturated rings. The normalized spacial score (nSPS) is 12.8. The van der Waals surface area contributed by atoms with Gasteiger partial charge >= 0.3 is 0 Å². The summed E-state index contributed by atoms with van der Waals surface area (Å²) >= 11 is 1.70. The highest BCUT2D eigenvalue weighted by atomic mass is 32.1. The number of rotatable bonds is 5. The van der Waals surface area contributed by atoms with Crippen molar-refractivity contribution in [1.29, 1.82) is 5.26 Å². The molecule has 9 aromatic carbocycles. The first-order valence-electron chi connectivity index (χ1n) is 21.5. The number of benzene rings is 9. The van der Waals surface area contributed by atoms with Crippen LogP contribution in [-0.4, -0.2) is 15.0 Å². The molecule has 13 rings (SSSR count). The predicted molar refractivity (Wildman–Crippen MR) is 261 cm³/mol. The second kappa shape index (κ2) is 14.1. The number of thiophene rings is 1. The summed E-state index contributed by atoms with van der Waals surface area (Å²) in [5, 5.41) is 11.8. The molecular weight excluding hydrogens is 797 g/mol. The molecule has 5 heteroatoms. The predicted octanol–water partition coefficient (Wildman–Crippen LogP) is 14.8. The van der Waals surface area contributed by atoms with Gasteiger partial charge in [-0.2, -0.15) is 5.26 Å². The van der Waals surface area contributed by atoms with Crippen LogP contribution >= 0.6 is 11.3 Å². The molecule has 2 aromatic heterocycles. The second-order valence-electron chi connectivity index (χ2n) is 16.6. The van der Waals surface area contributed by atoms with Gasteiger partial charge in [0.05, 0.1) is 17.0 Å². The van der Waals surface area contributed by atoms with E-state index in [4.69, 9.17) is 15.0 Å². The van der Waals surface area contributed by atoms with Gasteiger partial charge in [-0.25, -0.2) is 15.0 Å². The molecule has 0 saturated carbocycles. The van der Waals surface area contributed by atoms with Gasteiger partial charge < -0.3 is 0 Å². The topological polar surface area (TPSA) is 62.5 Å². The van der Waals surface area contributed by atoms with E-state index in [1.807, 2.05) is 54.6 Å². The Morgan fingerprint density at radius 1 is 0.359 bits per heavy atom. The highest BCUT2D eigenvalue weighted by Gasteiger charge is 2.51. The van der Waals surface area contributed by atoms with Crippen molar-refractivity contribution in [3.8, 4) is 84.7 Å². The molecule has 2 aliphatic rings. The van der Waals surface area contributed by atoms with Gasteiger partial charge in [0.2, 0.25) is 0 Å². The van der Waals surface area contributed by atoms with E-state index in [0.29, 0.717) is 23.0 Å². The van der Waals surface area contributed by atoms with Crippen LogP contribution in [0.1, 0.15) is 27.8 Å². The molecule has 0 unspecified atom stereocenters. The van der Waals surface area contributed by atoms with Crippen LogP contribution in [0.25, 0.3) is 98.8 Å². The Hall–Kier alpha value is -8.30. The zero-order chi connectivity index (χ0) is 42.4. The molecule has 0 atom stereocenters. The van der Waals surface area contributed by atoms with Crippen LogP contribution in [0.15, 0.2) is 206 Å². The van der Waals surface area contributed by atoms with Crippen molar-refractivity contribution in [2.45, 2.75) is 5.41 Å². The van der Waals surface area contributed by atoms with Crippen molar-refractivity contribution in [1.82, 2.24) is 15.0 Å². The van der Waals surface area contributed by atoms with E-state index in [9.17, 15) is 5.26 Å². The van der Waals surface area contributed by atoms with E-state index < -0.39 is 0 Å². The first kappa shape index (κ1) is 36.4. The molecule has 4 nitrogen and oxygen atoms in total. The lowest BCUT2D eigenvalue weighted by Crippen LogP contribution is -2.25. The van der Waals surface area contributed by atoms with Crippen molar-refractivity contribution in [3.05, 3.63) is 234 Å². The number of fused-ring (bicyclic) bond motifs is 13. The zero-order valence-corrected chi connectivity index (χ0v) is 35.1. The van der Waals surface area contributed by atoms with Crippen LogP contribution in [-0.2, 0) is 5.41 Å². The largest absolute Gasteiger partial charge is 0.208 e. The van der Waals surface area contributed by atoms with Gasteiger partial charge in [-0.1, -0.05) is 170 Å². The van der Waals surface area contributed by atoms with E-state index in [1.54, 1.807) is 11.3 Å². The minimum absolute atomic E-state index is 0.378. The summed E-state index contributed by atoms with van der Waals surface area (Å²) in [6.45, 7) is 0. The summed E-state index contributed by atoms with van der Waals surface area (Å²) in [7, 11) is 0. The fourth-order valence-electron chi connectivity index (χ4n) is 10.4. The van der Waals surface area contributed by atoms with Gasteiger partial charge in [0.15, 0.2) is 17.5 Å². The van der Waals surface area contributed by atoms with Crippen LogP contribution in [0, 0.1) is 11.3 Å². The lowest BCUT2D eigenvalue weighted by Gasteiger charge is -2.30. The Morgan fingerprint density at radius 2 is 0.875 bits per heavy atom. The number of hydrogen-bond acceptors (Lipinski definition) is 5. The third-order valence-electron chi connectivity index (χ3n) is 13.2. The van der Waals surface area contributed by atoms with Gasteiger partial charge in [0, 0.05) is 36.9 Å². The molecule has 0 radical (unpaired) electrons. The molecule has 2 heterocycles. The van der Waals surface area contributed by atoms with Crippen molar-refractivity contribution in [2.75, 3.05) is 0 Å². The molecule has 1 spiro atoms. The average Bonchev–Trinajstić information content (AvgIpc) is 4.00. The highest BCUT2D eigenvalue weighted by molar-refractivity contribution is 7.26. The Morgan fingerprint density at radius 3 is 1.55 bits per heavy atom. The molecule has 0 saturated heterocycles. The van der Waals surface area contributed by atoms with Gasteiger partial charge in [-0.05, 0) is 103 Å². The Kier molecular flexibility index (Phi) is 8.02. The first-order chi connectivity index (χ1) is 31.7. The number of aromatic nitrogens is 3. The van der Waals surface area contributed by atoms with Gasteiger partial charge in [-0.15, -0.1) is 11.3 Å². The standard InChI is InChI=1S/C59H34N4S/c60-35-36-24-31-54-49(32-36)47-19-11-20-48(55(47)64-54)58-62-56(39-12-2-1-3-13-39)61-57(63-58)42-15-10-14-40(33-42)37-25-27-38(28-26-37)41-29-30-46-45-18-6-9-23-52(45)59(53(46)34-41)50-21-7-4-16-43(50)44-17-5-8-22-51(44)59/h1-34H. The van der Waals surface area contributed by atoms with Crippen molar-refractivity contribution < 1.29 is 0 Å². The van der Waals surface area contributed by atoms with E-state index in [-0.39, 0.29) is 5.41 Å². The molecule has 2 aliphatic carbocycles. The SMILES string of the molecule is N#Cc1ccc2sc3c(-c4nc(-c5ccccc5)nc(-c5cccc(-c6ccc(-c7ccc8c(c7)C7(c9ccccc9-c9ccccc97)c7ccccc7-8)cc6)c5)n4)cccc3c2c1. The lowest BCUT2D eigenvalue weighted by atomic mass is 9.70. The van der Waals surface area contributed by atoms with Gasteiger partial charge in [0.25, 0.3) is 0 Å². The molecule has 0 aliphatic heterocycles. The Balaban J connectivity index is 0.890. The molecular formula is C59H34N4S. The fourth-order valence-corrected chi connectivity index (χ4v) is 11.5.